The van der Waals surface area contributed by atoms with Crippen molar-refractivity contribution in [3.63, 3.8) is 0 Å². The van der Waals surface area contributed by atoms with E-state index in [2.05, 4.69) is 0 Å². The van der Waals surface area contributed by atoms with Gasteiger partial charge in [-0.1, -0.05) is 30.3 Å². The van der Waals surface area contributed by atoms with E-state index in [-0.39, 0.29) is 19.2 Å². The average Bonchev–Trinajstić information content (AvgIpc) is 3.35. The van der Waals surface area contributed by atoms with E-state index in [0.717, 1.165) is 31.7 Å². The number of para-hydroxylation sites is 1. The molecule has 3 aromatic rings. The van der Waals surface area contributed by atoms with Gasteiger partial charge >= 0.3 is 23.9 Å². The molecule has 5 atom stereocenters. The number of carbonyl (C=O) groups excluding carboxylic acids is 4. The van der Waals surface area contributed by atoms with E-state index in [1.165, 1.54) is 6.92 Å². The summed E-state index contributed by atoms with van der Waals surface area (Å²) >= 11 is 0. The number of hydrogen-bond donors (Lipinski definition) is 1. The first-order chi connectivity index (χ1) is 22.0. The molecule has 0 aliphatic carbocycles. The molecule has 1 saturated heterocycles. The number of hydrogen-bond acceptors (Lipinski definition) is 13. The van der Waals surface area contributed by atoms with Crippen LogP contribution in [0.15, 0.2) is 52.9 Å². The standard InChI is InChI=1S/C33H38O13/c1-19(35)40-18-28-29(41-20(2)36)30(42-21(3)37)31(43-22(4)38)33(45-28)46-32-26(25-8-5-6-9-27(25)44-32)15-12-23-10-13-24(14-11-23)39-17-7-16-34/h5-6,8-11,13-14,28-31,33-34H,7,12,15-18H2,1-4H3/t28-,29-,30+,31-,33+/m1/s1. The van der Waals surface area contributed by atoms with E-state index in [1.54, 1.807) is 6.07 Å². The van der Waals surface area contributed by atoms with Gasteiger partial charge in [0.05, 0.1) is 6.61 Å². The molecule has 1 aliphatic heterocycles. The highest BCUT2D eigenvalue weighted by molar-refractivity contribution is 5.83. The Morgan fingerprint density at radius 1 is 0.783 bits per heavy atom. The summed E-state index contributed by atoms with van der Waals surface area (Å²) in [5, 5.41) is 9.75. The fraction of sp³-hybridized carbons (Fsp3) is 0.455. The molecular weight excluding hydrogens is 604 g/mol. The van der Waals surface area contributed by atoms with Crippen LogP contribution in [0.5, 0.6) is 11.7 Å². The van der Waals surface area contributed by atoms with Crippen LogP contribution in [0.25, 0.3) is 11.0 Å². The van der Waals surface area contributed by atoms with Gasteiger partial charge in [-0.05, 0) is 36.6 Å². The quantitative estimate of drug-likeness (QED) is 0.154. The van der Waals surface area contributed by atoms with Crippen LogP contribution >= 0.6 is 0 Å². The fourth-order valence-electron chi connectivity index (χ4n) is 5.07. The molecule has 248 valence electrons. The van der Waals surface area contributed by atoms with Crippen LogP contribution in [0.2, 0.25) is 0 Å². The number of rotatable bonds is 14. The summed E-state index contributed by atoms with van der Waals surface area (Å²) in [5.41, 5.74) is 2.25. The smallest absolute Gasteiger partial charge is 0.303 e. The van der Waals surface area contributed by atoms with Gasteiger partial charge in [-0.15, -0.1) is 0 Å². The number of aryl methyl sites for hydroxylation is 2. The third kappa shape index (κ3) is 9.21. The lowest BCUT2D eigenvalue weighted by atomic mass is 9.98. The molecule has 0 unspecified atom stereocenters. The van der Waals surface area contributed by atoms with Gasteiger partial charge in [0, 0.05) is 51.7 Å². The Bertz CT molecular complexity index is 1490. The molecule has 1 fully saturated rings. The van der Waals surface area contributed by atoms with Crippen LogP contribution in [-0.4, -0.2) is 79.5 Å². The van der Waals surface area contributed by atoms with Crippen molar-refractivity contribution in [2.45, 2.75) is 77.7 Å². The SMILES string of the molecule is CC(=O)OC[C@H]1O[C@@H](Oc2oc3ccccc3c2CCc2ccc(OCCCO)cc2)[C@H](OC(C)=O)[C@@H](OC(C)=O)[C@@H]1OC(C)=O. The van der Waals surface area contributed by atoms with E-state index in [9.17, 15) is 19.2 Å². The molecule has 0 amide bonds. The molecule has 46 heavy (non-hydrogen) atoms. The summed E-state index contributed by atoms with van der Waals surface area (Å²) in [5.74, 6) is -2.08. The Morgan fingerprint density at radius 3 is 2.09 bits per heavy atom. The normalized spacial score (nSPS) is 20.8. The number of furan rings is 1. The number of fused-ring (bicyclic) bond motifs is 1. The van der Waals surface area contributed by atoms with Crippen LogP contribution < -0.4 is 9.47 Å². The highest BCUT2D eigenvalue weighted by atomic mass is 16.8. The number of aliphatic hydroxyl groups excluding tert-OH is 1. The first-order valence-corrected chi connectivity index (χ1v) is 14.9. The summed E-state index contributed by atoms with van der Waals surface area (Å²) in [7, 11) is 0. The van der Waals surface area contributed by atoms with Crippen LogP contribution in [0.3, 0.4) is 0 Å². The van der Waals surface area contributed by atoms with Crippen LogP contribution in [0.1, 0.15) is 45.2 Å². The fourth-order valence-corrected chi connectivity index (χ4v) is 5.07. The van der Waals surface area contributed by atoms with Crippen molar-refractivity contribution >= 4 is 34.8 Å². The van der Waals surface area contributed by atoms with E-state index < -0.39 is 54.6 Å². The maximum absolute atomic E-state index is 12.2. The average molecular weight is 643 g/mol. The Hall–Kier alpha value is -4.62. The lowest BCUT2D eigenvalue weighted by molar-refractivity contribution is -0.290. The monoisotopic (exact) mass is 642 g/mol. The summed E-state index contributed by atoms with van der Waals surface area (Å²) in [6.07, 6.45) is -5.09. The zero-order valence-corrected chi connectivity index (χ0v) is 26.1. The zero-order chi connectivity index (χ0) is 33.2. The number of aliphatic hydroxyl groups is 1. The van der Waals surface area contributed by atoms with Gasteiger partial charge in [-0.3, -0.25) is 19.2 Å². The highest BCUT2D eigenvalue weighted by Gasteiger charge is 2.53. The van der Waals surface area contributed by atoms with Crippen molar-refractivity contribution in [3.8, 4) is 11.7 Å². The summed E-state index contributed by atoms with van der Waals surface area (Å²) in [4.78, 5) is 48.1. The predicted molar refractivity (Wildman–Crippen MR) is 160 cm³/mol. The van der Waals surface area contributed by atoms with Crippen molar-refractivity contribution in [3.05, 3.63) is 59.7 Å². The van der Waals surface area contributed by atoms with Crippen molar-refractivity contribution in [1.29, 1.82) is 0 Å². The molecule has 13 heteroatoms. The number of ether oxygens (including phenoxy) is 7. The molecule has 0 saturated carbocycles. The second-order valence-corrected chi connectivity index (χ2v) is 10.6. The molecular formula is C33H38O13. The van der Waals surface area contributed by atoms with Crippen LogP contribution in [0, 0.1) is 0 Å². The third-order valence-corrected chi connectivity index (χ3v) is 6.99. The highest BCUT2D eigenvalue weighted by Crippen LogP contribution is 2.37. The molecule has 2 aromatic carbocycles. The van der Waals surface area contributed by atoms with Gasteiger partial charge in [0.2, 0.25) is 12.4 Å². The molecule has 0 spiro atoms. The molecule has 13 nitrogen and oxygen atoms in total. The van der Waals surface area contributed by atoms with Crippen molar-refractivity contribution in [2.75, 3.05) is 19.8 Å². The molecule has 1 N–H and O–H groups in total. The first-order valence-electron chi connectivity index (χ1n) is 14.9. The van der Waals surface area contributed by atoms with E-state index >= 15 is 0 Å². The number of esters is 4. The largest absolute Gasteiger partial charge is 0.494 e. The molecule has 1 aromatic heterocycles. The Morgan fingerprint density at radius 2 is 1.43 bits per heavy atom. The van der Waals surface area contributed by atoms with Gasteiger partial charge in [0.15, 0.2) is 12.2 Å². The second-order valence-electron chi connectivity index (χ2n) is 10.6. The van der Waals surface area contributed by atoms with Gasteiger partial charge in [-0.2, -0.15) is 0 Å². The lowest BCUT2D eigenvalue weighted by Gasteiger charge is -2.43. The first kappa shape index (κ1) is 34.3. The lowest BCUT2D eigenvalue weighted by Crippen LogP contribution is -2.63. The maximum Gasteiger partial charge on any atom is 0.303 e. The zero-order valence-electron chi connectivity index (χ0n) is 26.1. The van der Waals surface area contributed by atoms with Crippen LogP contribution in [-0.2, 0) is 55.7 Å². The van der Waals surface area contributed by atoms with Gasteiger partial charge in [-0.25, -0.2) is 0 Å². The second kappa shape index (κ2) is 16.1. The Labute approximate surface area is 265 Å². The summed E-state index contributed by atoms with van der Waals surface area (Å²) < 4.78 is 45.7. The van der Waals surface area contributed by atoms with E-state index in [0.29, 0.717) is 42.8 Å². The van der Waals surface area contributed by atoms with Crippen molar-refractivity contribution < 1.29 is 61.9 Å². The Kier molecular flexibility index (Phi) is 12.0. The van der Waals surface area contributed by atoms with Crippen molar-refractivity contribution in [2.24, 2.45) is 0 Å². The molecule has 2 heterocycles. The predicted octanol–water partition coefficient (Wildman–Crippen LogP) is 3.44. The topological polar surface area (TPSA) is 166 Å². The Balaban J connectivity index is 1.65. The maximum atomic E-state index is 12.2. The number of carbonyl (C=O) groups is 4. The van der Waals surface area contributed by atoms with Crippen molar-refractivity contribution in [1.82, 2.24) is 0 Å². The molecule has 0 bridgehead atoms. The minimum Gasteiger partial charge on any atom is -0.494 e. The third-order valence-electron chi connectivity index (χ3n) is 6.99. The summed E-state index contributed by atoms with van der Waals surface area (Å²) in [6.45, 7) is 4.73. The van der Waals surface area contributed by atoms with E-state index in [4.69, 9.17) is 42.7 Å². The van der Waals surface area contributed by atoms with E-state index in [1.807, 2.05) is 42.5 Å². The molecule has 4 rings (SSSR count). The minimum absolute atomic E-state index is 0.0543. The summed E-state index contributed by atoms with van der Waals surface area (Å²) in [6, 6.07) is 14.9. The molecule has 1 aliphatic rings. The van der Waals surface area contributed by atoms with Gasteiger partial charge in [0.25, 0.3) is 5.95 Å². The van der Waals surface area contributed by atoms with Gasteiger partial charge < -0.3 is 42.7 Å². The molecule has 0 radical (unpaired) electrons. The van der Waals surface area contributed by atoms with Crippen LogP contribution in [0.4, 0.5) is 0 Å². The van der Waals surface area contributed by atoms with Gasteiger partial charge in [0.1, 0.15) is 24.0 Å². The number of benzene rings is 2. The minimum atomic E-state index is -1.43.